The first-order valence-electron chi connectivity index (χ1n) is 6.99. The number of alkyl halides is 1. The molecule has 1 aliphatic rings. The Bertz CT molecular complexity index is 382. The Kier molecular flexibility index (Phi) is 6.65. The fourth-order valence-electron chi connectivity index (χ4n) is 2.51. The molecular formula is C14H21BrO5. The van der Waals surface area contributed by atoms with Gasteiger partial charge in [-0.15, -0.1) is 0 Å². The fourth-order valence-corrected chi connectivity index (χ4v) is 3.27. The van der Waals surface area contributed by atoms with E-state index in [1.807, 2.05) is 0 Å². The SMILES string of the molecule is CCOC(=O)CCC1(C(=O)OCC)CCCC(Br)C1=O. The molecule has 0 heterocycles. The van der Waals surface area contributed by atoms with Gasteiger partial charge in [-0.2, -0.15) is 0 Å². The number of carbonyl (C=O) groups excluding carboxylic acids is 3. The maximum Gasteiger partial charge on any atom is 0.319 e. The van der Waals surface area contributed by atoms with Gasteiger partial charge in [0.15, 0.2) is 5.78 Å². The zero-order chi connectivity index (χ0) is 15.2. The van der Waals surface area contributed by atoms with Crippen molar-refractivity contribution >= 4 is 33.7 Å². The Labute approximate surface area is 127 Å². The number of hydrogen-bond donors (Lipinski definition) is 0. The largest absolute Gasteiger partial charge is 0.466 e. The Hall–Kier alpha value is -0.910. The maximum atomic E-state index is 12.4. The van der Waals surface area contributed by atoms with Gasteiger partial charge in [0, 0.05) is 6.42 Å². The van der Waals surface area contributed by atoms with E-state index in [9.17, 15) is 14.4 Å². The third kappa shape index (κ3) is 3.81. The molecular weight excluding hydrogens is 328 g/mol. The van der Waals surface area contributed by atoms with E-state index in [4.69, 9.17) is 9.47 Å². The lowest BCUT2D eigenvalue weighted by atomic mass is 9.70. The summed E-state index contributed by atoms with van der Waals surface area (Å²) in [6, 6.07) is 0. The molecule has 114 valence electrons. The van der Waals surface area contributed by atoms with Crippen molar-refractivity contribution < 1.29 is 23.9 Å². The highest BCUT2D eigenvalue weighted by Gasteiger charge is 2.50. The fraction of sp³-hybridized carbons (Fsp3) is 0.786. The van der Waals surface area contributed by atoms with E-state index in [0.717, 1.165) is 6.42 Å². The molecule has 0 amide bonds. The van der Waals surface area contributed by atoms with Crippen LogP contribution in [0, 0.1) is 5.41 Å². The second-order valence-electron chi connectivity index (χ2n) is 4.83. The summed E-state index contributed by atoms with van der Waals surface area (Å²) in [6.45, 7) is 3.94. The molecule has 1 fully saturated rings. The lowest BCUT2D eigenvalue weighted by molar-refractivity contribution is -0.163. The summed E-state index contributed by atoms with van der Waals surface area (Å²) in [5.41, 5.74) is -1.20. The summed E-state index contributed by atoms with van der Waals surface area (Å²) in [5.74, 6) is -1.08. The minimum Gasteiger partial charge on any atom is -0.466 e. The second-order valence-corrected chi connectivity index (χ2v) is 5.94. The minimum absolute atomic E-state index is 0.0537. The topological polar surface area (TPSA) is 69.7 Å². The average Bonchev–Trinajstić information content (AvgIpc) is 2.41. The van der Waals surface area contributed by atoms with Crippen molar-refractivity contribution in [1.29, 1.82) is 0 Å². The average molecular weight is 349 g/mol. The third-order valence-corrected chi connectivity index (χ3v) is 4.42. The molecule has 6 heteroatoms. The van der Waals surface area contributed by atoms with E-state index in [2.05, 4.69) is 15.9 Å². The highest BCUT2D eigenvalue weighted by Crippen LogP contribution is 2.41. The van der Waals surface area contributed by atoms with Gasteiger partial charge in [-0.05, 0) is 33.1 Å². The van der Waals surface area contributed by atoms with Crippen LogP contribution in [0.2, 0.25) is 0 Å². The number of Topliss-reactive ketones (excluding diaryl/α,β-unsaturated/α-hetero) is 1. The molecule has 1 saturated carbocycles. The first kappa shape index (κ1) is 17.1. The quantitative estimate of drug-likeness (QED) is 0.418. The molecule has 0 spiro atoms. The van der Waals surface area contributed by atoms with Gasteiger partial charge in [0.1, 0.15) is 5.41 Å². The summed E-state index contributed by atoms with van der Waals surface area (Å²) in [4.78, 5) is 35.8. The predicted octanol–water partition coefficient (Wildman–Crippen LogP) is 2.40. The van der Waals surface area contributed by atoms with Gasteiger partial charge in [0.2, 0.25) is 0 Å². The van der Waals surface area contributed by atoms with Crippen molar-refractivity contribution in [2.75, 3.05) is 13.2 Å². The van der Waals surface area contributed by atoms with Crippen LogP contribution in [0.5, 0.6) is 0 Å². The van der Waals surface area contributed by atoms with Gasteiger partial charge in [-0.1, -0.05) is 22.4 Å². The third-order valence-electron chi connectivity index (χ3n) is 3.54. The molecule has 1 aliphatic carbocycles. The summed E-state index contributed by atoms with van der Waals surface area (Å²) < 4.78 is 9.93. The molecule has 1 rings (SSSR count). The van der Waals surface area contributed by atoms with E-state index in [1.165, 1.54) is 0 Å². The monoisotopic (exact) mass is 348 g/mol. The van der Waals surface area contributed by atoms with Crippen molar-refractivity contribution in [3.63, 3.8) is 0 Å². The Balaban J connectivity index is 2.86. The van der Waals surface area contributed by atoms with Crippen LogP contribution >= 0.6 is 15.9 Å². The molecule has 0 saturated heterocycles. The van der Waals surface area contributed by atoms with Crippen LogP contribution in [0.3, 0.4) is 0 Å². The first-order valence-corrected chi connectivity index (χ1v) is 7.90. The molecule has 0 bridgehead atoms. The molecule has 0 aliphatic heterocycles. The summed E-state index contributed by atoms with van der Waals surface area (Å²) >= 11 is 3.31. The van der Waals surface area contributed by atoms with Gasteiger partial charge in [-0.3, -0.25) is 14.4 Å². The van der Waals surface area contributed by atoms with Crippen LogP contribution in [0.4, 0.5) is 0 Å². The van der Waals surface area contributed by atoms with E-state index in [-0.39, 0.29) is 36.0 Å². The Morgan fingerprint density at radius 3 is 2.55 bits per heavy atom. The van der Waals surface area contributed by atoms with Gasteiger partial charge in [0.05, 0.1) is 18.0 Å². The molecule has 0 aromatic carbocycles. The lowest BCUT2D eigenvalue weighted by Crippen LogP contribution is -2.47. The number of carbonyl (C=O) groups is 3. The zero-order valence-electron chi connectivity index (χ0n) is 11.9. The molecule has 0 aromatic heterocycles. The van der Waals surface area contributed by atoms with Crippen LogP contribution in [-0.2, 0) is 23.9 Å². The van der Waals surface area contributed by atoms with Gasteiger partial charge >= 0.3 is 11.9 Å². The van der Waals surface area contributed by atoms with Crippen LogP contribution in [0.15, 0.2) is 0 Å². The van der Waals surface area contributed by atoms with Gasteiger partial charge < -0.3 is 9.47 Å². The van der Waals surface area contributed by atoms with Gasteiger partial charge in [0.25, 0.3) is 0 Å². The Morgan fingerprint density at radius 2 is 1.95 bits per heavy atom. The van der Waals surface area contributed by atoms with Crippen molar-refractivity contribution in [2.45, 2.75) is 50.8 Å². The zero-order valence-corrected chi connectivity index (χ0v) is 13.5. The smallest absolute Gasteiger partial charge is 0.319 e. The second kappa shape index (κ2) is 7.76. The maximum absolute atomic E-state index is 12.4. The van der Waals surface area contributed by atoms with Crippen LogP contribution in [0.25, 0.3) is 0 Å². The standard InChI is InChI=1S/C14H21BrO5/c1-3-19-11(16)7-9-14(13(18)20-4-2)8-5-6-10(15)12(14)17/h10H,3-9H2,1-2H3. The number of ketones is 1. The highest BCUT2D eigenvalue weighted by molar-refractivity contribution is 9.10. The van der Waals surface area contributed by atoms with Gasteiger partial charge in [-0.25, -0.2) is 0 Å². The van der Waals surface area contributed by atoms with E-state index < -0.39 is 11.4 Å². The van der Waals surface area contributed by atoms with Crippen LogP contribution in [-0.4, -0.2) is 35.8 Å². The summed E-state index contributed by atoms with van der Waals surface area (Å²) in [5, 5.41) is 0. The molecule has 5 nitrogen and oxygen atoms in total. The highest BCUT2D eigenvalue weighted by atomic mass is 79.9. The molecule has 0 N–H and O–H groups in total. The van der Waals surface area contributed by atoms with Crippen LogP contribution < -0.4 is 0 Å². The first-order chi connectivity index (χ1) is 9.47. The van der Waals surface area contributed by atoms with Crippen molar-refractivity contribution in [1.82, 2.24) is 0 Å². The molecule has 20 heavy (non-hydrogen) atoms. The number of esters is 2. The summed E-state index contributed by atoms with van der Waals surface area (Å²) in [7, 11) is 0. The van der Waals surface area contributed by atoms with Crippen molar-refractivity contribution in [2.24, 2.45) is 5.41 Å². The molecule has 2 unspecified atom stereocenters. The molecule has 0 aromatic rings. The number of hydrogen-bond acceptors (Lipinski definition) is 5. The van der Waals surface area contributed by atoms with E-state index >= 15 is 0 Å². The van der Waals surface area contributed by atoms with Crippen LogP contribution in [0.1, 0.15) is 46.0 Å². The Morgan fingerprint density at radius 1 is 1.30 bits per heavy atom. The lowest BCUT2D eigenvalue weighted by Gasteiger charge is -2.35. The van der Waals surface area contributed by atoms with E-state index in [0.29, 0.717) is 19.4 Å². The predicted molar refractivity (Wildman–Crippen MR) is 76.5 cm³/mol. The number of ether oxygens (including phenoxy) is 2. The number of halogens is 1. The minimum atomic E-state index is -1.20. The normalized spacial score (nSPS) is 26.1. The number of rotatable bonds is 6. The van der Waals surface area contributed by atoms with Crippen molar-refractivity contribution in [3.8, 4) is 0 Å². The molecule has 2 atom stereocenters. The molecule has 0 radical (unpaired) electrons. The van der Waals surface area contributed by atoms with E-state index in [1.54, 1.807) is 13.8 Å². The van der Waals surface area contributed by atoms with Crippen molar-refractivity contribution in [3.05, 3.63) is 0 Å². The summed E-state index contributed by atoms with van der Waals surface area (Å²) in [6.07, 6.45) is 2.11.